The third-order valence-electron chi connectivity index (χ3n) is 3.95. The third kappa shape index (κ3) is 6.93. The molecule has 10 nitrogen and oxygen atoms in total. The number of thiophene rings is 1. The van der Waals surface area contributed by atoms with Gasteiger partial charge in [0.2, 0.25) is 0 Å². The highest BCUT2D eigenvalue weighted by molar-refractivity contribution is 7.92. The van der Waals surface area contributed by atoms with Gasteiger partial charge in [-0.25, -0.2) is 22.0 Å². The number of hydrogen-bond donors (Lipinski definition) is 6. The van der Waals surface area contributed by atoms with Gasteiger partial charge in [-0.3, -0.25) is 14.8 Å². The van der Waals surface area contributed by atoms with E-state index in [4.69, 9.17) is 11.5 Å². The van der Waals surface area contributed by atoms with Gasteiger partial charge in [-0.2, -0.15) is 0 Å². The second kappa shape index (κ2) is 10.6. The molecule has 0 radical (unpaired) electrons. The molecule has 14 heteroatoms. The van der Waals surface area contributed by atoms with E-state index in [9.17, 15) is 31.9 Å². The molecular formula is C17H21F2N5O5S2. The minimum absolute atomic E-state index is 0.0635. The van der Waals surface area contributed by atoms with E-state index in [2.05, 4.69) is 15.4 Å². The van der Waals surface area contributed by atoms with E-state index in [-0.39, 0.29) is 17.0 Å². The lowest BCUT2D eigenvalue weighted by molar-refractivity contribution is -0.139. The van der Waals surface area contributed by atoms with Crippen molar-refractivity contribution in [2.24, 2.45) is 11.5 Å². The van der Waals surface area contributed by atoms with Gasteiger partial charge in [0.05, 0.1) is 5.69 Å². The maximum absolute atomic E-state index is 13.9. The van der Waals surface area contributed by atoms with Crippen molar-refractivity contribution in [3.63, 3.8) is 0 Å². The van der Waals surface area contributed by atoms with Crippen LogP contribution in [0.4, 0.5) is 14.5 Å². The summed E-state index contributed by atoms with van der Waals surface area (Å²) in [6, 6.07) is 1.97. The molecule has 170 valence electrons. The number of halogens is 2. The highest BCUT2D eigenvalue weighted by Gasteiger charge is 2.26. The largest absolute Gasteiger partial charge is 0.480 e. The number of carboxylic acid groups (broad SMARTS) is 1. The van der Waals surface area contributed by atoms with Crippen LogP contribution in [0.2, 0.25) is 0 Å². The second-order valence-electron chi connectivity index (χ2n) is 6.33. The quantitative estimate of drug-likeness (QED) is 0.201. The maximum Gasteiger partial charge on any atom is 0.326 e. The molecule has 1 atom stereocenters. The van der Waals surface area contributed by atoms with Crippen molar-refractivity contribution < 1.29 is 31.9 Å². The zero-order valence-corrected chi connectivity index (χ0v) is 17.6. The lowest BCUT2D eigenvalue weighted by atomic mass is 10.1. The molecule has 1 amide bonds. The Morgan fingerprint density at radius 1 is 1.19 bits per heavy atom. The summed E-state index contributed by atoms with van der Waals surface area (Å²) in [7, 11) is -4.47. The Kier molecular flexibility index (Phi) is 8.41. The molecule has 0 bridgehead atoms. The highest BCUT2D eigenvalue weighted by atomic mass is 32.2. The van der Waals surface area contributed by atoms with Crippen molar-refractivity contribution in [3.05, 3.63) is 46.2 Å². The summed E-state index contributed by atoms with van der Waals surface area (Å²) >= 11 is 0.855. The molecule has 31 heavy (non-hydrogen) atoms. The zero-order valence-electron chi connectivity index (χ0n) is 16.0. The molecule has 1 heterocycles. The Labute approximate surface area is 180 Å². The number of nitrogens with two attached hydrogens (primary N) is 2. The number of carbonyl (C=O) groups excluding carboxylic acids is 1. The van der Waals surface area contributed by atoms with Crippen LogP contribution in [-0.4, -0.2) is 44.3 Å². The molecule has 2 rings (SSSR count). The predicted octanol–water partition coefficient (Wildman–Crippen LogP) is 0.581. The van der Waals surface area contributed by atoms with Crippen LogP contribution in [0.3, 0.4) is 0 Å². The van der Waals surface area contributed by atoms with E-state index in [1.54, 1.807) is 0 Å². The number of carboxylic acids is 1. The van der Waals surface area contributed by atoms with Crippen LogP contribution in [0.1, 0.15) is 22.5 Å². The molecular weight excluding hydrogens is 456 g/mol. The van der Waals surface area contributed by atoms with Crippen molar-refractivity contribution >= 4 is 38.9 Å². The van der Waals surface area contributed by atoms with E-state index < -0.39 is 50.8 Å². The Morgan fingerprint density at radius 3 is 2.52 bits per heavy atom. The summed E-state index contributed by atoms with van der Waals surface area (Å²) in [6.07, 6.45) is -0.352. The molecule has 0 saturated carbocycles. The summed E-state index contributed by atoms with van der Waals surface area (Å²) < 4.78 is 53.9. The Hall–Kier alpha value is -2.65. The predicted molar refractivity (Wildman–Crippen MR) is 110 cm³/mol. The van der Waals surface area contributed by atoms with Gasteiger partial charge in [0.1, 0.15) is 33.7 Å². The van der Waals surface area contributed by atoms with Crippen LogP contribution in [0.25, 0.3) is 0 Å². The molecule has 0 unspecified atom stereocenters. The molecule has 0 aliphatic rings. The summed E-state index contributed by atoms with van der Waals surface area (Å²) in [5.74, 6) is -4.36. The average molecular weight is 478 g/mol. The van der Waals surface area contributed by atoms with E-state index >= 15 is 0 Å². The SMILES string of the molecule is NC(N)NCCC[C@H](NC(=O)c1sccc1NS(=O)(=O)c1ccc(F)cc1F)C(=O)O. The van der Waals surface area contributed by atoms with E-state index in [1.807, 2.05) is 0 Å². The van der Waals surface area contributed by atoms with Crippen molar-refractivity contribution in [1.29, 1.82) is 0 Å². The number of carbonyl (C=O) groups is 2. The number of hydrogen-bond acceptors (Lipinski definition) is 8. The van der Waals surface area contributed by atoms with Crippen molar-refractivity contribution in [2.45, 2.75) is 30.1 Å². The van der Waals surface area contributed by atoms with E-state index in [0.717, 1.165) is 23.5 Å². The molecule has 0 aliphatic carbocycles. The second-order valence-corrected chi connectivity index (χ2v) is 8.90. The standard InChI is InChI=1S/C17H21F2N5O5S2/c18-9-3-4-13(10(19)8-9)31(28,29)24-11-5-7-30-14(11)15(25)23-12(16(26)27)2-1-6-22-17(20)21/h3-5,7-8,12,17,22,24H,1-2,6,20-21H2,(H,23,25)(H,26,27)/t12-/m0/s1. The topological polar surface area (TPSA) is 177 Å². The van der Waals surface area contributed by atoms with Crippen LogP contribution in [0.15, 0.2) is 34.5 Å². The summed E-state index contributed by atoms with van der Waals surface area (Å²) in [4.78, 5) is 23.0. The van der Waals surface area contributed by atoms with Crippen molar-refractivity contribution in [1.82, 2.24) is 10.6 Å². The lowest BCUT2D eigenvalue weighted by Crippen LogP contribution is -2.46. The number of aliphatic carboxylic acids is 1. The lowest BCUT2D eigenvalue weighted by Gasteiger charge is -2.16. The highest BCUT2D eigenvalue weighted by Crippen LogP contribution is 2.26. The van der Waals surface area contributed by atoms with Crippen LogP contribution in [-0.2, 0) is 14.8 Å². The fourth-order valence-corrected chi connectivity index (χ4v) is 4.46. The van der Waals surface area contributed by atoms with Gasteiger partial charge < -0.3 is 21.9 Å². The van der Waals surface area contributed by atoms with Crippen molar-refractivity contribution in [2.75, 3.05) is 11.3 Å². The van der Waals surface area contributed by atoms with Gasteiger partial charge in [0.25, 0.3) is 15.9 Å². The van der Waals surface area contributed by atoms with Crippen LogP contribution < -0.4 is 26.8 Å². The van der Waals surface area contributed by atoms with Crippen molar-refractivity contribution in [3.8, 4) is 0 Å². The van der Waals surface area contributed by atoms with Gasteiger partial charge in [0.15, 0.2) is 0 Å². The first-order valence-corrected chi connectivity index (χ1v) is 11.2. The summed E-state index contributed by atoms with van der Waals surface area (Å²) in [5, 5.41) is 15.7. The van der Waals surface area contributed by atoms with Crippen LogP contribution in [0, 0.1) is 11.6 Å². The monoisotopic (exact) mass is 477 g/mol. The fourth-order valence-electron chi connectivity index (χ4n) is 2.51. The number of rotatable bonds is 11. The molecule has 0 saturated heterocycles. The average Bonchev–Trinajstić information content (AvgIpc) is 3.10. The Bertz CT molecular complexity index is 1050. The minimum atomic E-state index is -4.47. The molecule has 0 aliphatic heterocycles. The van der Waals surface area contributed by atoms with E-state index in [1.165, 1.54) is 11.4 Å². The summed E-state index contributed by atoms with van der Waals surface area (Å²) in [5.41, 5.74) is 10.5. The van der Waals surface area contributed by atoms with Gasteiger partial charge in [-0.1, -0.05) is 0 Å². The zero-order chi connectivity index (χ0) is 23.2. The molecule has 0 fully saturated rings. The number of benzene rings is 1. The van der Waals surface area contributed by atoms with Gasteiger partial charge >= 0.3 is 5.97 Å². The maximum atomic E-state index is 13.9. The van der Waals surface area contributed by atoms with E-state index in [0.29, 0.717) is 19.0 Å². The molecule has 1 aromatic heterocycles. The summed E-state index contributed by atoms with van der Waals surface area (Å²) in [6.45, 7) is 0.324. The Balaban J connectivity index is 2.12. The number of sulfonamides is 1. The normalized spacial score (nSPS) is 12.5. The first kappa shape index (κ1) is 24.6. The van der Waals surface area contributed by atoms with Crippen LogP contribution >= 0.6 is 11.3 Å². The van der Waals surface area contributed by atoms with Gasteiger partial charge in [-0.05, 0) is 43.0 Å². The third-order valence-corrected chi connectivity index (χ3v) is 6.26. The minimum Gasteiger partial charge on any atom is -0.480 e. The van der Waals surface area contributed by atoms with Gasteiger partial charge in [0, 0.05) is 6.07 Å². The fraction of sp³-hybridized carbons (Fsp3) is 0.294. The first-order valence-electron chi connectivity index (χ1n) is 8.85. The number of anilines is 1. The molecule has 0 spiro atoms. The molecule has 8 N–H and O–H groups in total. The smallest absolute Gasteiger partial charge is 0.326 e. The first-order chi connectivity index (χ1) is 14.5. The number of amides is 1. The Morgan fingerprint density at radius 2 is 1.90 bits per heavy atom. The number of nitrogens with one attached hydrogen (secondary N) is 3. The molecule has 1 aromatic carbocycles. The van der Waals surface area contributed by atoms with Crippen LogP contribution in [0.5, 0.6) is 0 Å². The van der Waals surface area contributed by atoms with Gasteiger partial charge in [-0.15, -0.1) is 11.3 Å². The molecule has 2 aromatic rings.